The average molecular weight is 690 g/mol. The minimum absolute atomic E-state index is 0.597. The first-order valence-corrected chi connectivity index (χ1v) is 18.1. The number of hydrogen-bond donors (Lipinski definition) is 0. The second-order valence-electron chi connectivity index (χ2n) is 14.1. The molecule has 0 fully saturated rings. The normalized spacial score (nSPS) is 12.1. The van der Waals surface area contributed by atoms with Gasteiger partial charge in [0.2, 0.25) is 0 Å². The van der Waals surface area contributed by atoms with Gasteiger partial charge < -0.3 is 18.0 Å². The highest BCUT2D eigenvalue weighted by Crippen LogP contribution is 2.41. The Bertz CT molecular complexity index is 3590. The maximum Gasteiger partial charge on any atom is 0.136 e. The maximum absolute atomic E-state index is 10.4. The van der Waals surface area contributed by atoms with E-state index in [-0.39, 0.29) is 0 Å². The first-order valence-electron chi connectivity index (χ1n) is 18.1. The number of hydrogen-bond acceptors (Lipinski definition) is 3. The summed E-state index contributed by atoms with van der Waals surface area (Å²) in [6.45, 7) is 0. The highest BCUT2D eigenvalue weighted by atomic mass is 16.3. The molecule has 12 aromatic rings. The number of rotatable bonds is 3. The summed E-state index contributed by atoms with van der Waals surface area (Å²) in [6.07, 6.45) is 0. The van der Waals surface area contributed by atoms with Gasteiger partial charge in [0.15, 0.2) is 0 Å². The summed E-state index contributed by atoms with van der Waals surface area (Å²) in [5, 5.41) is 19.3. The molecule has 0 saturated carbocycles. The summed E-state index contributed by atoms with van der Waals surface area (Å²) in [5.74, 6) is 0. The molecule has 5 heteroatoms. The molecule has 0 aliphatic carbocycles. The van der Waals surface area contributed by atoms with Crippen molar-refractivity contribution in [1.82, 2.24) is 9.13 Å². The van der Waals surface area contributed by atoms with Crippen LogP contribution < -0.4 is 0 Å². The molecule has 0 spiro atoms. The second kappa shape index (κ2) is 10.7. The van der Waals surface area contributed by atoms with Crippen LogP contribution >= 0.6 is 0 Å². The van der Waals surface area contributed by atoms with Gasteiger partial charge in [-0.3, -0.25) is 0 Å². The number of nitrogens with zero attached hydrogens (tertiary/aromatic N) is 3. The van der Waals surface area contributed by atoms with Crippen molar-refractivity contribution >= 4 is 87.5 Å². The smallest absolute Gasteiger partial charge is 0.136 e. The molecule has 0 radical (unpaired) electrons. The van der Waals surface area contributed by atoms with Crippen molar-refractivity contribution in [2.24, 2.45) is 0 Å². The lowest BCUT2D eigenvalue weighted by molar-refractivity contribution is 0.669. The van der Waals surface area contributed by atoms with E-state index in [1.54, 1.807) is 0 Å². The fraction of sp³-hybridized carbons (Fsp3) is 0. The SMILES string of the molecule is N#Cc1cc(-c2cccc(-n3c4ccccc4c4cc5oc6ccccc6c5cc43)c2)cc(-n2c3ccccc3c3cc4oc5ccccc5c4cc32)c1. The molecule has 54 heavy (non-hydrogen) atoms. The van der Waals surface area contributed by atoms with Crippen molar-refractivity contribution in [3.8, 4) is 28.6 Å². The van der Waals surface area contributed by atoms with Crippen LogP contribution in [0.15, 0.2) is 173 Å². The van der Waals surface area contributed by atoms with Crippen LogP contribution in [0.5, 0.6) is 0 Å². The summed E-state index contributed by atoms with van der Waals surface area (Å²) in [4.78, 5) is 0. The fourth-order valence-corrected chi connectivity index (χ4v) is 8.73. The molecule has 0 saturated heterocycles. The van der Waals surface area contributed by atoms with Crippen LogP contribution in [0.1, 0.15) is 5.56 Å². The molecule has 0 N–H and O–H groups in total. The summed E-state index contributed by atoms with van der Waals surface area (Å²) < 4.78 is 17.3. The second-order valence-corrected chi connectivity index (χ2v) is 14.1. The van der Waals surface area contributed by atoms with Gasteiger partial charge in [-0.05, 0) is 90.0 Å². The number of aromatic nitrogens is 2. The van der Waals surface area contributed by atoms with Crippen LogP contribution in [0.3, 0.4) is 0 Å². The monoisotopic (exact) mass is 689 g/mol. The molecule has 12 rings (SSSR count). The zero-order valence-electron chi connectivity index (χ0n) is 28.7. The molecule has 250 valence electrons. The van der Waals surface area contributed by atoms with Gasteiger partial charge in [0, 0.05) is 54.5 Å². The molecule has 0 amide bonds. The third-order valence-corrected chi connectivity index (χ3v) is 11.1. The lowest BCUT2D eigenvalue weighted by Gasteiger charge is -2.13. The van der Waals surface area contributed by atoms with Crippen LogP contribution in [-0.2, 0) is 0 Å². The molecule has 0 aliphatic heterocycles. The molecule has 0 unspecified atom stereocenters. The van der Waals surface area contributed by atoms with Gasteiger partial charge in [0.05, 0.1) is 33.7 Å². The zero-order valence-corrected chi connectivity index (χ0v) is 28.7. The molecule has 0 aliphatic rings. The lowest BCUT2D eigenvalue weighted by Crippen LogP contribution is -1.97. The van der Waals surface area contributed by atoms with Gasteiger partial charge in [-0.25, -0.2) is 0 Å². The van der Waals surface area contributed by atoms with E-state index in [0.29, 0.717) is 5.56 Å². The number of fused-ring (bicyclic) bond motifs is 12. The van der Waals surface area contributed by atoms with E-state index in [1.807, 2.05) is 42.5 Å². The third kappa shape index (κ3) is 4.02. The summed E-state index contributed by atoms with van der Waals surface area (Å²) >= 11 is 0. The third-order valence-electron chi connectivity index (χ3n) is 11.1. The Balaban J connectivity index is 1.08. The van der Waals surface area contributed by atoms with E-state index in [4.69, 9.17) is 8.83 Å². The van der Waals surface area contributed by atoms with E-state index < -0.39 is 0 Å². The largest absolute Gasteiger partial charge is 0.456 e. The first kappa shape index (κ1) is 29.1. The maximum atomic E-state index is 10.4. The van der Waals surface area contributed by atoms with Crippen LogP contribution in [0, 0.1) is 11.3 Å². The minimum Gasteiger partial charge on any atom is -0.456 e. The Kier molecular flexibility index (Phi) is 5.78. The molecular weight excluding hydrogens is 663 g/mol. The van der Waals surface area contributed by atoms with Crippen molar-refractivity contribution in [1.29, 1.82) is 5.26 Å². The van der Waals surface area contributed by atoms with Crippen LogP contribution in [0.4, 0.5) is 0 Å². The van der Waals surface area contributed by atoms with Gasteiger partial charge in [-0.2, -0.15) is 5.26 Å². The van der Waals surface area contributed by atoms with E-state index in [2.05, 4.69) is 137 Å². The van der Waals surface area contributed by atoms with E-state index in [0.717, 1.165) is 105 Å². The topological polar surface area (TPSA) is 59.9 Å². The average Bonchev–Trinajstić information content (AvgIpc) is 3.96. The van der Waals surface area contributed by atoms with E-state index >= 15 is 0 Å². The van der Waals surface area contributed by atoms with E-state index in [9.17, 15) is 5.26 Å². The molecule has 4 heterocycles. The van der Waals surface area contributed by atoms with Crippen molar-refractivity contribution in [3.05, 3.63) is 169 Å². The number of para-hydroxylation sites is 4. The standard InChI is InChI=1S/C49H27N3O2/c50-28-29-20-31(23-33(21-29)52-43-17-6-2-13-35(43)39-27-49-41(25-45(39)52)37-15-4-8-19-47(37)54-49)30-10-9-11-32(22-30)51-42-16-5-1-12-34(42)38-26-48-40(24-44(38)51)36-14-3-7-18-46(36)53-48/h1-27H. The zero-order chi connectivity index (χ0) is 35.5. The lowest BCUT2D eigenvalue weighted by atomic mass is 10.0. The van der Waals surface area contributed by atoms with Crippen LogP contribution in [-0.4, -0.2) is 9.13 Å². The predicted molar refractivity (Wildman–Crippen MR) is 220 cm³/mol. The Morgan fingerprint density at radius 3 is 1.46 bits per heavy atom. The van der Waals surface area contributed by atoms with Gasteiger partial charge in [-0.1, -0.05) is 84.9 Å². The number of furan rings is 2. The highest BCUT2D eigenvalue weighted by Gasteiger charge is 2.19. The highest BCUT2D eigenvalue weighted by molar-refractivity contribution is 6.18. The van der Waals surface area contributed by atoms with Crippen LogP contribution in [0.2, 0.25) is 0 Å². The van der Waals surface area contributed by atoms with Crippen molar-refractivity contribution in [3.63, 3.8) is 0 Å². The van der Waals surface area contributed by atoms with Gasteiger partial charge in [-0.15, -0.1) is 0 Å². The van der Waals surface area contributed by atoms with Crippen molar-refractivity contribution in [2.75, 3.05) is 0 Å². The Morgan fingerprint density at radius 1 is 0.352 bits per heavy atom. The number of benzene rings is 8. The Hall–Kier alpha value is -7.55. The fourth-order valence-electron chi connectivity index (χ4n) is 8.73. The van der Waals surface area contributed by atoms with Gasteiger partial charge >= 0.3 is 0 Å². The van der Waals surface area contributed by atoms with Gasteiger partial charge in [0.25, 0.3) is 0 Å². The molecule has 5 nitrogen and oxygen atoms in total. The Morgan fingerprint density at radius 2 is 0.870 bits per heavy atom. The predicted octanol–water partition coefficient (Wildman–Crippen LogP) is 13.2. The summed E-state index contributed by atoms with van der Waals surface area (Å²) in [5.41, 5.74) is 12.4. The summed E-state index contributed by atoms with van der Waals surface area (Å²) in [6, 6.07) is 59.5. The summed E-state index contributed by atoms with van der Waals surface area (Å²) in [7, 11) is 0. The quantitative estimate of drug-likeness (QED) is 0.185. The molecule has 4 aromatic heterocycles. The molecule has 0 bridgehead atoms. The van der Waals surface area contributed by atoms with Crippen molar-refractivity contribution in [2.45, 2.75) is 0 Å². The first-order chi connectivity index (χ1) is 26.7. The number of nitriles is 1. The van der Waals surface area contributed by atoms with E-state index in [1.165, 1.54) is 5.39 Å². The van der Waals surface area contributed by atoms with Crippen molar-refractivity contribution < 1.29 is 8.83 Å². The molecule has 0 atom stereocenters. The minimum atomic E-state index is 0.597. The van der Waals surface area contributed by atoms with Gasteiger partial charge in [0.1, 0.15) is 22.3 Å². The Labute approximate surface area is 307 Å². The molecule has 8 aromatic carbocycles. The van der Waals surface area contributed by atoms with Crippen LogP contribution in [0.25, 0.3) is 110 Å². The molecular formula is C49H27N3O2.